The van der Waals surface area contributed by atoms with Crippen molar-refractivity contribution in [3.63, 3.8) is 0 Å². The van der Waals surface area contributed by atoms with Gasteiger partial charge in [0.1, 0.15) is 6.61 Å². The van der Waals surface area contributed by atoms with Crippen molar-refractivity contribution in [2.45, 2.75) is 6.43 Å². The second kappa shape index (κ2) is 6.75. The van der Waals surface area contributed by atoms with E-state index < -0.39 is 19.0 Å². The Morgan fingerprint density at radius 2 is 2.22 bits per heavy atom. The van der Waals surface area contributed by atoms with Crippen molar-refractivity contribution in [2.24, 2.45) is 0 Å². The van der Waals surface area contributed by atoms with E-state index in [1.54, 1.807) is 6.07 Å². The number of nitrogens with two attached hydrogens (primary N) is 1. The highest BCUT2D eigenvalue weighted by atomic mass is 19.3. The molecule has 18 heavy (non-hydrogen) atoms. The predicted molar refractivity (Wildman–Crippen MR) is 63.1 cm³/mol. The number of carboxylic acids is 1. The molecule has 4 N–H and O–H groups in total. The van der Waals surface area contributed by atoms with E-state index >= 15 is 0 Å². The van der Waals surface area contributed by atoms with Crippen LogP contribution in [0.5, 0.6) is 0 Å². The van der Waals surface area contributed by atoms with Gasteiger partial charge in [0.25, 0.3) is 6.43 Å². The van der Waals surface area contributed by atoms with E-state index in [1.807, 2.05) is 0 Å². The molecule has 0 aromatic heterocycles. The molecule has 0 aliphatic carbocycles. The Hall–Kier alpha value is -1.89. The van der Waals surface area contributed by atoms with E-state index in [2.05, 4.69) is 10.1 Å². The lowest BCUT2D eigenvalue weighted by Crippen LogP contribution is -2.13. The third-order valence-corrected chi connectivity index (χ3v) is 2.10. The summed E-state index contributed by atoms with van der Waals surface area (Å²) in [5.41, 5.74) is 6.31. The number of nitrogens with one attached hydrogen (secondary N) is 1. The molecule has 7 heteroatoms. The normalized spacial score (nSPS) is 10.6. The number of nitrogen functional groups attached to an aromatic ring is 1. The number of hydrogen-bond donors (Lipinski definition) is 3. The molecule has 0 fully saturated rings. The molecular formula is C11H14F2N2O3. The van der Waals surface area contributed by atoms with Crippen molar-refractivity contribution in [3.8, 4) is 0 Å². The van der Waals surface area contributed by atoms with Crippen molar-refractivity contribution in [2.75, 3.05) is 30.8 Å². The van der Waals surface area contributed by atoms with Gasteiger partial charge in [-0.05, 0) is 18.2 Å². The number of aromatic carboxylic acids is 1. The van der Waals surface area contributed by atoms with E-state index in [0.29, 0.717) is 12.2 Å². The van der Waals surface area contributed by atoms with Gasteiger partial charge in [-0.15, -0.1) is 0 Å². The molecule has 0 amide bonds. The molecule has 0 unspecified atom stereocenters. The van der Waals surface area contributed by atoms with E-state index in [-0.39, 0.29) is 17.9 Å². The molecular weight excluding hydrogens is 246 g/mol. The third-order valence-electron chi connectivity index (χ3n) is 2.10. The van der Waals surface area contributed by atoms with Crippen molar-refractivity contribution in [1.29, 1.82) is 0 Å². The van der Waals surface area contributed by atoms with Crippen LogP contribution in [0.25, 0.3) is 0 Å². The zero-order chi connectivity index (χ0) is 13.5. The van der Waals surface area contributed by atoms with Crippen LogP contribution < -0.4 is 11.1 Å². The van der Waals surface area contributed by atoms with Gasteiger partial charge in [0.2, 0.25) is 0 Å². The molecule has 1 rings (SSSR count). The number of ether oxygens (including phenoxy) is 1. The van der Waals surface area contributed by atoms with Crippen molar-refractivity contribution < 1.29 is 23.4 Å². The fourth-order valence-corrected chi connectivity index (χ4v) is 1.31. The summed E-state index contributed by atoms with van der Waals surface area (Å²) in [4.78, 5) is 10.7. The van der Waals surface area contributed by atoms with Crippen molar-refractivity contribution in [3.05, 3.63) is 23.8 Å². The lowest BCUT2D eigenvalue weighted by molar-refractivity contribution is 0.0215. The van der Waals surface area contributed by atoms with Crippen molar-refractivity contribution >= 4 is 17.3 Å². The van der Waals surface area contributed by atoms with E-state index in [4.69, 9.17) is 10.8 Å². The number of anilines is 2. The quantitative estimate of drug-likeness (QED) is 0.513. The highest BCUT2D eigenvalue weighted by molar-refractivity contribution is 5.94. The first-order valence-electron chi connectivity index (χ1n) is 5.23. The minimum absolute atomic E-state index is 0.0227. The average Bonchev–Trinajstić information content (AvgIpc) is 2.27. The lowest BCUT2D eigenvalue weighted by Gasteiger charge is -2.09. The van der Waals surface area contributed by atoms with Crippen LogP contribution in [0.2, 0.25) is 0 Å². The monoisotopic (exact) mass is 260 g/mol. The van der Waals surface area contributed by atoms with Crippen LogP contribution in [0, 0.1) is 0 Å². The maximum absolute atomic E-state index is 11.7. The summed E-state index contributed by atoms with van der Waals surface area (Å²) in [6, 6.07) is 4.39. The Morgan fingerprint density at radius 3 is 2.78 bits per heavy atom. The maximum atomic E-state index is 11.7. The summed E-state index contributed by atoms with van der Waals surface area (Å²) < 4.78 is 28.2. The lowest BCUT2D eigenvalue weighted by atomic mass is 10.1. The summed E-state index contributed by atoms with van der Waals surface area (Å²) >= 11 is 0. The molecule has 0 aliphatic rings. The van der Waals surface area contributed by atoms with Gasteiger partial charge in [-0.2, -0.15) is 0 Å². The first kappa shape index (κ1) is 14.2. The van der Waals surface area contributed by atoms with Gasteiger partial charge in [-0.1, -0.05) is 0 Å². The largest absolute Gasteiger partial charge is 0.478 e. The molecule has 5 nitrogen and oxygen atoms in total. The summed E-state index contributed by atoms with van der Waals surface area (Å²) in [7, 11) is 0. The Balaban J connectivity index is 2.39. The number of halogens is 2. The molecule has 1 aromatic carbocycles. The summed E-state index contributed by atoms with van der Waals surface area (Å²) in [5, 5.41) is 11.6. The van der Waals surface area contributed by atoms with Crippen LogP contribution in [-0.2, 0) is 4.74 Å². The number of carboxylic acid groups (broad SMARTS) is 1. The summed E-state index contributed by atoms with van der Waals surface area (Å²) in [6.07, 6.45) is -2.48. The summed E-state index contributed by atoms with van der Waals surface area (Å²) in [6.45, 7) is -0.134. The molecule has 0 heterocycles. The first-order valence-corrected chi connectivity index (χ1v) is 5.23. The summed E-state index contributed by atoms with van der Waals surface area (Å²) in [5.74, 6) is -1.10. The molecule has 0 saturated carbocycles. The third kappa shape index (κ3) is 4.54. The van der Waals surface area contributed by atoms with E-state index in [1.165, 1.54) is 12.1 Å². The van der Waals surface area contributed by atoms with Gasteiger partial charge in [0.15, 0.2) is 0 Å². The van der Waals surface area contributed by atoms with Crippen molar-refractivity contribution in [1.82, 2.24) is 0 Å². The SMILES string of the molecule is Nc1cc(NCCOCC(F)F)ccc1C(=O)O. The van der Waals surface area contributed by atoms with Gasteiger partial charge in [0.05, 0.1) is 12.2 Å². The highest BCUT2D eigenvalue weighted by Gasteiger charge is 2.07. The zero-order valence-corrected chi connectivity index (χ0v) is 9.53. The van der Waals surface area contributed by atoms with Crippen LogP contribution in [0.15, 0.2) is 18.2 Å². The Kier molecular flexibility index (Phi) is 5.31. The second-order valence-electron chi connectivity index (χ2n) is 3.50. The van der Waals surface area contributed by atoms with Crippen LogP contribution in [0.3, 0.4) is 0 Å². The topological polar surface area (TPSA) is 84.6 Å². The molecule has 0 atom stereocenters. The molecule has 0 radical (unpaired) electrons. The number of carbonyl (C=O) groups is 1. The van der Waals surface area contributed by atoms with Gasteiger partial charge in [-0.25, -0.2) is 13.6 Å². The van der Waals surface area contributed by atoms with Gasteiger partial charge < -0.3 is 20.9 Å². The molecule has 100 valence electrons. The van der Waals surface area contributed by atoms with Crippen LogP contribution in [0.4, 0.5) is 20.2 Å². The Bertz CT molecular complexity index is 413. The number of benzene rings is 1. The minimum Gasteiger partial charge on any atom is -0.478 e. The number of hydrogen-bond acceptors (Lipinski definition) is 4. The average molecular weight is 260 g/mol. The van der Waals surface area contributed by atoms with E-state index in [9.17, 15) is 13.6 Å². The zero-order valence-electron chi connectivity index (χ0n) is 9.53. The van der Waals surface area contributed by atoms with Crippen LogP contribution in [-0.4, -0.2) is 37.3 Å². The smallest absolute Gasteiger partial charge is 0.337 e. The van der Waals surface area contributed by atoms with Crippen LogP contribution >= 0.6 is 0 Å². The maximum Gasteiger partial charge on any atom is 0.337 e. The fraction of sp³-hybridized carbons (Fsp3) is 0.364. The second-order valence-corrected chi connectivity index (χ2v) is 3.50. The molecule has 1 aromatic rings. The van der Waals surface area contributed by atoms with Crippen LogP contribution in [0.1, 0.15) is 10.4 Å². The molecule has 0 aliphatic heterocycles. The van der Waals surface area contributed by atoms with Gasteiger partial charge in [0, 0.05) is 17.9 Å². The molecule has 0 saturated heterocycles. The number of rotatable bonds is 7. The molecule has 0 bridgehead atoms. The first-order chi connectivity index (χ1) is 8.50. The van der Waals surface area contributed by atoms with Gasteiger partial charge >= 0.3 is 5.97 Å². The predicted octanol–water partition coefficient (Wildman–Crippen LogP) is 1.66. The standard InChI is InChI=1S/C11H14F2N2O3/c12-10(13)6-18-4-3-15-7-1-2-8(11(16)17)9(14)5-7/h1-2,5,10,15H,3-4,6,14H2,(H,16,17). The highest BCUT2D eigenvalue weighted by Crippen LogP contribution is 2.17. The number of alkyl halides is 2. The Morgan fingerprint density at radius 1 is 1.50 bits per heavy atom. The fourth-order valence-electron chi connectivity index (χ4n) is 1.31. The minimum atomic E-state index is -2.48. The van der Waals surface area contributed by atoms with E-state index in [0.717, 1.165) is 0 Å². The Labute approximate surface area is 103 Å². The molecule has 0 spiro atoms. The van der Waals surface area contributed by atoms with Gasteiger partial charge in [-0.3, -0.25) is 0 Å².